The van der Waals surface area contributed by atoms with Crippen LogP contribution in [0.1, 0.15) is 47.8 Å². The van der Waals surface area contributed by atoms with Crippen molar-refractivity contribution in [3.8, 4) is 5.75 Å². The Hall–Kier alpha value is -3.96. The number of rotatable bonds is 10. The SMILES string of the molecule is CC(=O)N(C)C[C@H](O)c1ccc(OCCN2CCN(c3cc4c(cc3F)c(=O)c(C(=O)O)cn4C3CC3)CC2)cc1. The van der Waals surface area contributed by atoms with E-state index in [0.717, 1.165) is 12.8 Å². The maximum Gasteiger partial charge on any atom is 0.341 e. The number of ether oxygens (including phenoxy) is 1. The Morgan fingerprint density at radius 2 is 1.80 bits per heavy atom. The Balaban J connectivity index is 1.17. The van der Waals surface area contributed by atoms with Crippen molar-refractivity contribution in [1.29, 1.82) is 0 Å². The van der Waals surface area contributed by atoms with E-state index < -0.39 is 23.3 Å². The van der Waals surface area contributed by atoms with Gasteiger partial charge in [0.25, 0.3) is 0 Å². The van der Waals surface area contributed by atoms with Gasteiger partial charge in [0.15, 0.2) is 0 Å². The Kier molecular flexibility index (Phi) is 8.27. The first kappa shape index (κ1) is 28.6. The fraction of sp³-hybridized carbons (Fsp3) is 0.433. The van der Waals surface area contributed by atoms with E-state index in [1.54, 1.807) is 37.4 Å². The number of fused-ring (bicyclic) bond motifs is 1. The minimum Gasteiger partial charge on any atom is -0.492 e. The lowest BCUT2D eigenvalue weighted by Crippen LogP contribution is -2.47. The van der Waals surface area contributed by atoms with Crippen molar-refractivity contribution in [2.75, 3.05) is 57.8 Å². The highest BCUT2D eigenvalue weighted by Gasteiger charge is 2.28. The van der Waals surface area contributed by atoms with E-state index >= 15 is 4.39 Å². The van der Waals surface area contributed by atoms with Gasteiger partial charge in [-0.05, 0) is 42.7 Å². The first-order chi connectivity index (χ1) is 19.6. The zero-order valence-corrected chi connectivity index (χ0v) is 23.3. The van der Waals surface area contributed by atoms with Crippen molar-refractivity contribution >= 4 is 28.5 Å². The largest absolute Gasteiger partial charge is 0.492 e. The highest BCUT2D eigenvalue weighted by atomic mass is 19.1. The van der Waals surface area contributed by atoms with Crippen molar-refractivity contribution in [3.63, 3.8) is 0 Å². The van der Waals surface area contributed by atoms with E-state index in [-0.39, 0.29) is 29.4 Å². The Morgan fingerprint density at radius 1 is 1.12 bits per heavy atom. The lowest BCUT2D eigenvalue weighted by Gasteiger charge is -2.36. The number of likely N-dealkylation sites (N-methyl/N-ethyl adjacent to an activating group) is 1. The summed E-state index contributed by atoms with van der Waals surface area (Å²) >= 11 is 0. The molecule has 218 valence electrons. The zero-order chi connectivity index (χ0) is 29.3. The number of carboxylic acid groups (broad SMARTS) is 1. The Bertz CT molecular complexity index is 1500. The molecule has 5 rings (SSSR count). The smallest absolute Gasteiger partial charge is 0.341 e. The number of pyridine rings is 1. The molecule has 0 spiro atoms. The van der Waals surface area contributed by atoms with E-state index in [0.29, 0.717) is 61.8 Å². The van der Waals surface area contributed by atoms with Crippen LogP contribution < -0.4 is 15.1 Å². The standard InChI is InChI=1S/C30H35FN4O6/c1-19(36)32(2)18-28(37)20-3-7-22(8-4-20)41-14-13-33-9-11-34(12-10-33)27-16-26-23(15-25(27)31)29(38)24(30(39)40)17-35(26)21-5-6-21/h3-4,7-8,15-17,21,28,37H,5-6,9-14,18H2,1-2H3,(H,39,40)/t28-/m0/s1. The predicted octanol–water partition coefficient (Wildman–Crippen LogP) is 2.89. The van der Waals surface area contributed by atoms with Crippen LogP contribution in [0.15, 0.2) is 47.4 Å². The third kappa shape index (κ3) is 6.36. The van der Waals surface area contributed by atoms with Gasteiger partial charge < -0.3 is 29.3 Å². The number of hydrogen-bond acceptors (Lipinski definition) is 7. The van der Waals surface area contributed by atoms with Crippen LogP contribution in [-0.2, 0) is 4.79 Å². The molecule has 1 aliphatic carbocycles. The van der Waals surface area contributed by atoms with Crippen molar-refractivity contribution in [2.45, 2.75) is 31.9 Å². The number of aliphatic hydroxyl groups is 1. The van der Waals surface area contributed by atoms with Gasteiger partial charge in [0.05, 0.1) is 23.9 Å². The van der Waals surface area contributed by atoms with Crippen LogP contribution in [0.3, 0.4) is 0 Å². The lowest BCUT2D eigenvalue weighted by molar-refractivity contribution is -0.128. The zero-order valence-electron chi connectivity index (χ0n) is 23.3. The number of nitrogens with zero attached hydrogens (tertiary/aromatic N) is 4. The Morgan fingerprint density at radius 3 is 2.41 bits per heavy atom. The molecule has 1 saturated carbocycles. The number of aromatic carboxylic acids is 1. The molecule has 3 aromatic rings. The van der Waals surface area contributed by atoms with Crippen LogP contribution >= 0.6 is 0 Å². The molecule has 0 bridgehead atoms. The van der Waals surface area contributed by atoms with Gasteiger partial charge in [-0.15, -0.1) is 0 Å². The number of amides is 1. The molecule has 1 atom stereocenters. The fourth-order valence-corrected chi connectivity index (χ4v) is 5.19. The van der Waals surface area contributed by atoms with E-state index in [4.69, 9.17) is 4.74 Å². The molecule has 2 aromatic carbocycles. The summed E-state index contributed by atoms with van der Waals surface area (Å²) in [6.07, 6.45) is 2.42. The topological polar surface area (TPSA) is 116 Å². The van der Waals surface area contributed by atoms with Gasteiger partial charge in [-0.25, -0.2) is 9.18 Å². The van der Waals surface area contributed by atoms with Gasteiger partial charge in [-0.1, -0.05) is 12.1 Å². The summed E-state index contributed by atoms with van der Waals surface area (Å²) in [5, 5.41) is 19.9. The number of anilines is 1. The third-order valence-electron chi connectivity index (χ3n) is 7.91. The quantitative estimate of drug-likeness (QED) is 0.385. The molecule has 2 heterocycles. The van der Waals surface area contributed by atoms with E-state index in [9.17, 15) is 24.6 Å². The summed E-state index contributed by atoms with van der Waals surface area (Å²) in [6, 6.07) is 10.2. The summed E-state index contributed by atoms with van der Waals surface area (Å²) in [6.45, 7) is 5.47. The van der Waals surface area contributed by atoms with Crippen LogP contribution in [0, 0.1) is 5.82 Å². The van der Waals surface area contributed by atoms with Gasteiger partial charge in [0.2, 0.25) is 11.3 Å². The number of aliphatic hydroxyl groups excluding tert-OH is 1. The minimum absolute atomic E-state index is 0.0970. The highest BCUT2D eigenvalue weighted by molar-refractivity contribution is 5.93. The number of carboxylic acids is 1. The van der Waals surface area contributed by atoms with E-state index in [1.807, 2.05) is 9.47 Å². The minimum atomic E-state index is -1.30. The summed E-state index contributed by atoms with van der Waals surface area (Å²) < 4.78 is 22.9. The maximum atomic E-state index is 15.2. The molecule has 2 fully saturated rings. The second kappa shape index (κ2) is 11.9. The van der Waals surface area contributed by atoms with Crippen molar-refractivity contribution in [1.82, 2.24) is 14.4 Å². The molecule has 41 heavy (non-hydrogen) atoms. The summed E-state index contributed by atoms with van der Waals surface area (Å²) in [5.41, 5.74) is 0.699. The summed E-state index contributed by atoms with van der Waals surface area (Å²) in [7, 11) is 1.65. The second-order valence-electron chi connectivity index (χ2n) is 10.8. The van der Waals surface area contributed by atoms with Crippen molar-refractivity contribution in [2.24, 2.45) is 0 Å². The fourth-order valence-electron chi connectivity index (χ4n) is 5.19. The molecule has 0 unspecified atom stereocenters. The number of piperazine rings is 1. The average Bonchev–Trinajstić information content (AvgIpc) is 3.79. The number of benzene rings is 2. The molecule has 11 heteroatoms. The third-order valence-corrected chi connectivity index (χ3v) is 7.91. The summed E-state index contributed by atoms with van der Waals surface area (Å²) in [5.74, 6) is -1.26. The second-order valence-corrected chi connectivity index (χ2v) is 10.8. The highest BCUT2D eigenvalue weighted by Crippen LogP contribution is 2.38. The normalized spacial score (nSPS) is 16.5. The molecule has 0 radical (unpaired) electrons. The number of halogens is 1. The molecule has 1 saturated heterocycles. The van der Waals surface area contributed by atoms with Crippen LogP contribution in [0.4, 0.5) is 10.1 Å². The number of carbonyl (C=O) groups excluding carboxylic acids is 1. The number of hydrogen-bond donors (Lipinski definition) is 2. The average molecular weight is 567 g/mol. The molecular weight excluding hydrogens is 531 g/mol. The van der Waals surface area contributed by atoms with Gasteiger partial charge in [-0.2, -0.15) is 0 Å². The lowest BCUT2D eigenvalue weighted by atomic mass is 10.1. The van der Waals surface area contributed by atoms with Crippen LogP contribution in [-0.4, -0.2) is 89.4 Å². The number of aromatic nitrogens is 1. The van der Waals surface area contributed by atoms with Crippen LogP contribution in [0.5, 0.6) is 5.75 Å². The van der Waals surface area contributed by atoms with Gasteiger partial charge in [0, 0.05) is 64.3 Å². The van der Waals surface area contributed by atoms with Gasteiger partial charge in [-0.3, -0.25) is 14.5 Å². The Labute approximate surface area is 237 Å². The van der Waals surface area contributed by atoms with Crippen LogP contribution in [0.25, 0.3) is 10.9 Å². The predicted molar refractivity (Wildman–Crippen MR) is 152 cm³/mol. The van der Waals surface area contributed by atoms with Crippen molar-refractivity contribution in [3.05, 3.63) is 69.8 Å². The molecular formula is C30H35FN4O6. The monoisotopic (exact) mass is 566 g/mol. The molecule has 2 aliphatic rings. The first-order valence-corrected chi connectivity index (χ1v) is 13.8. The molecule has 1 aliphatic heterocycles. The van der Waals surface area contributed by atoms with Gasteiger partial charge >= 0.3 is 5.97 Å². The number of carbonyl (C=O) groups is 2. The molecule has 1 amide bonds. The van der Waals surface area contributed by atoms with Crippen molar-refractivity contribution < 1.29 is 28.9 Å². The van der Waals surface area contributed by atoms with E-state index in [1.165, 1.54) is 24.1 Å². The first-order valence-electron chi connectivity index (χ1n) is 13.8. The molecule has 1 aromatic heterocycles. The maximum absolute atomic E-state index is 15.2. The van der Waals surface area contributed by atoms with Crippen LogP contribution in [0.2, 0.25) is 0 Å². The molecule has 2 N–H and O–H groups in total. The van der Waals surface area contributed by atoms with Gasteiger partial charge in [0.1, 0.15) is 23.7 Å². The summed E-state index contributed by atoms with van der Waals surface area (Å²) in [4.78, 5) is 41.4. The molecule has 10 nitrogen and oxygen atoms in total. The van der Waals surface area contributed by atoms with E-state index in [2.05, 4.69) is 4.90 Å².